The van der Waals surface area contributed by atoms with Gasteiger partial charge < -0.3 is 14.6 Å². The highest BCUT2D eigenvalue weighted by atomic mass is 35.5. The first-order valence-corrected chi connectivity index (χ1v) is 11.5. The molecule has 0 atom stereocenters. The fourth-order valence-electron chi connectivity index (χ4n) is 3.08. The van der Waals surface area contributed by atoms with E-state index in [1.807, 2.05) is 68.8 Å². The van der Waals surface area contributed by atoms with Crippen LogP contribution in [0.5, 0.6) is 5.75 Å². The number of rotatable bonds is 9. The zero-order valence-corrected chi connectivity index (χ0v) is 19.8. The summed E-state index contributed by atoms with van der Waals surface area (Å²) < 4.78 is 7.77. The Morgan fingerprint density at radius 2 is 1.97 bits per heavy atom. The smallest absolute Gasteiger partial charge is 0.234 e. The second-order valence-corrected chi connectivity index (χ2v) is 8.78. The Kier molecular flexibility index (Phi) is 7.98. The Hall–Kier alpha value is -2.51. The molecule has 0 aliphatic heterocycles. The van der Waals surface area contributed by atoms with Crippen LogP contribution in [-0.4, -0.2) is 33.0 Å². The molecular formula is C23H27ClN4O2S. The molecular weight excluding hydrogens is 432 g/mol. The fraction of sp³-hybridized carbons (Fsp3) is 0.348. The number of hydrogen-bond donors (Lipinski definition) is 1. The van der Waals surface area contributed by atoms with Crippen molar-refractivity contribution in [3.05, 3.63) is 63.9 Å². The monoisotopic (exact) mass is 458 g/mol. The van der Waals surface area contributed by atoms with Crippen molar-refractivity contribution in [3.63, 3.8) is 0 Å². The van der Waals surface area contributed by atoms with Crippen LogP contribution in [0.4, 0.5) is 5.69 Å². The third-order valence-electron chi connectivity index (χ3n) is 5.08. The van der Waals surface area contributed by atoms with Crippen LogP contribution in [0.3, 0.4) is 0 Å². The van der Waals surface area contributed by atoms with Crippen LogP contribution in [0.2, 0.25) is 5.02 Å². The van der Waals surface area contributed by atoms with Crippen molar-refractivity contribution in [3.8, 4) is 5.75 Å². The van der Waals surface area contributed by atoms with Gasteiger partial charge in [0.25, 0.3) is 0 Å². The van der Waals surface area contributed by atoms with E-state index in [2.05, 4.69) is 15.5 Å². The van der Waals surface area contributed by atoms with Crippen LogP contribution in [-0.2, 0) is 18.3 Å². The minimum Gasteiger partial charge on any atom is -0.493 e. The maximum Gasteiger partial charge on any atom is 0.234 e. The van der Waals surface area contributed by atoms with Crippen LogP contribution in [0, 0.1) is 20.8 Å². The average molecular weight is 459 g/mol. The molecule has 164 valence electrons. The van der Waals surface area contributed by atoms with Gasteiger partial charge in [0.2, 0.25) is 5.91 Å². The van der Waals surface area contributed by atoms with Gasteiger partial charge in [0, 0.05) is 24.2 Å². The first-order valence-electron chi connectivity index (χ1n) is 10.1. The second-order valence-electron chi connectivity index (χ2n) is 7.40. The Bertz CT molecular complexity index is 1070. The highest BCUT2D eigenvalue weighted by molar-refractivity contribution is 7.99. The van der Waals surface area contributed by atoms with Crippen molar-refractivity contribution in [1.82, 2.24) is 14.8 Å². The molecule has 1 aromatic heterocycles. The van der Waals surface area contributed by atoms with E-state index in [4.69, 9.17) is 16.3 Å². The third kappa shape index (κ3) is 6.24. The maximum atomic E-state index is 12.3. The Morgan fingerprint density at radius 3 is 2.74 bits per heavy atom. The summed E-state index contributed by atoms with van der Waals surface area (Å²) in [5.41, 5.74) is 4.10. The average Bonchev–Trinajstić information content (AvgIpc) is 3.08. The molecule has 0 saturated heterocycles. The van der Waals surface area contributed by atoms with E-state index in [1.54, 1.807) is 0 Å². The zero-order chi connectivity index (χ0) is 22.4. The molecule has 0 aliphatic carbocycles. The van der Waals surface area contributed by atoms with E-state index < -0.39 is 0 Å². The number of anilines is 1. The Morgan fingerprint density at radius 1 is 1.16 bits per heavy atom. The number of amides is 1. The summed E-state index contributed by atoms with van der Waals surface area (Å²) in [6, 6.07) is 11.5. The molecule has 3 rings (SSSR count). The summed E-state index contributed by atoms with van der Waals surface area (Å²) in [7, 11) is 1.92. The summed E-state index contributed by atoms with van der Waals surface area (Å²) in [4.78, 5) is 12.3. The van der Waals surface area contributed by atoms with E-state index in [1.165, 1.54) is 11.8 Å². The standard InChI is InChI=1S/C23H27ClN4O2S/c1-15-7-5-8-19(17(15)3)25-22(29)14-31-23-27-26-21(28(23)4)9-6-12-30-20-11-10-18(24)13-16(20)2/h5,7-8,10-11,13H,6,9,12,14H2,1-4H3,(H,25,29). The number of hydrogen-bond acceptors (Lipinski definition) is 5. The number of nitrogens with one attached hydrogen (secondary N) is 1. The number of nitrogens with zero attached hydrogens (tertiary/aromatic N) is 3. The molecule has 1 N–H and O–H groups in total. The summed E-state index contributed by atoms with van der Waals surface area (Å²) in [5.74, 6) is 1.93. The van der Waals surface area contributed by atoms with Crippen LogP contribution in [0.1, 0.15) is 28.9 Å². The first-order chi connectivity index (χ1) is 14.8. The van der Waals surface area contributed by atoms with Crippen molar-refractivity contribution in [1.29, 1.82) is 0 Å². The SMILES string of the molecule is Cc1cc(Cl)ccc1OCCCc1nnc(SCC(=O)Nc2cccc(C)c2C)n1C. The molecule has 0 saturated carbocycles. The van der Waals surface area contributed by atoms with Crippen LogP contribution in [0.25, 0.3) is 0 Å². The summed E-state index contributed by atoms with van der Waals surface area (Å²) in [5, 5.41) is 12.9. The van der Waals surface area contributed by atoms with Gasteiger partial charge in [0.1, 0.15) is 11.6 Å². The number of ether oxygens (including phenoxy) is 1. The van der Waals surface area contributed by atoms with Crippen molar-refractivity contribution in [2.24, 2.45) is 7.05 Å². The highest BCUT2D eigenvalue weighted by Gasteiger charge is 2.12. The molecule has 1 heterocycles. The largest absolute Gasteiger partial charge is 0.493 e. The molecule has 2 aromatic carbocycles. The van der Waals surface area contributed by atoms with Gasteiger partial charge in [0.05, 0.1) is 12.4 Å². The number of aromatic nitrogens is 3. The highest BCUT2D eigenvalue weighted by Crippen LogP contribution is 2.23. The van der Waals surface area contributed by atoms with Crippen LogP contribution in [0.15, 0.2) is 41.6 Å². The number of carbonyl (C=O) groups excluding carboxylic acids is 1. The van der Waals surface area contributed by atoms with Crippen molar-refractivity contribution in [2.75, 3.05) is 17.7 Å². The number of benzene rings is 2. The second kappa shape index (κ2) is 10.7. The number of halogens is 1. The van der Waals surface area contributed by atoms with E-state index >= 15 is 0 Å². The number of aryl methyl sites for hydroxylation is 3. The predicted octanol–water partition coefficient (Wildman–Crippen LogP) is 5.14. The van der Waals surface area contributed by atoms with E-state index in [-0.39, 0.29) is 11.7 Å². The predicted molar refractivity (Wildman–Crippen MR) is 126 cm³/mol. The molecule has 1 amide bonds. The number of carbonyl (C=O) groups is 1. The lowest BCUT2D eigenvalue weighted by Crippen LogP contribution is -2.15. The lowest BCUT2D eigenvalue weighted by Gasteiger charge is -2.10. The molecule has 0 unspecified atom stereocenters. The van der Waals surface area contributed by atoms with E-state index in [9.17, 15) is 4.79 Å². The third-order valence-corrected chi connectivity index (χ3v) is 6.33. The molecule has 0 spiro atoms. The maximum absolute atomic E-state index is 12.3. The molecule has 0 aliphatic rings. The lowest BCUT2D eigenvalue weighted by atomic mass is 10.1. The van der Waals surface area contributed by atoms with Crippen LogP contribution >= 0.6 is 23.4 Å². The summed E-state index contributed by atoms with van der Waals surface area (Å²) in [6.45, 7) is 6.59. The fourth-order valence-corrected chi connectivity index (χ4v) is 4.04. The molecule has 31 heavy (non-hydrogen) atoms. The van der Waals surface area contributed by atoms with Gasteiger partial charge in [0.15, 0.2) is 5.16 Å². The molecule has 0 fully saturated rings. The Labute approximate surface area is 192 Å². The van der Waals surface area contributed by atoms with Gasteiger partial charge in [-0.15, -0.1) is 10.2 Å². The van der Waals surface area contributed by atoms with Gasteiger partial charge in [-0.3, -0.25) is 4.79 Å². The molecule has 8 heteroatoms. The quantitative estimate of drug-likeness (QED) is 0.355. The van der Waals surface area contributed by atoms with E-state index in [0.29, 0.717) is 11.6 Å². The van der Waals surface area contributed by atoms with E-state index in [0.717, 1.165) is 51.9 Å². The zero-order valence-electron chi connectivity index (χ0n) is 18.2. The Balaban J connectivity index is 1.46. The van der Waals surface area contributed by atoms with Crippen molar-refractivity contribution >= 4 is 35.0 Å². The number of thioether (sulfide) groups is 1. The van der Waals surface area contributed by atoms with Crippen molar-refractivity contribution in [2.45, 2.75) is 38.8 Å². The molecule has 6 nitrogen and oxygen atoms in total. The van der Waals surface area contributed by atoms with Gasteiger partial charge in [-0.1, -0.05) is 35.5 Å². The molecule has 3 aromatic rings. The normalized spacial score (nSPS) is 10.9. The minimum atomic E-state index is -0.0602. The van der Waals surface area contributed by atoms with Crippen LogP contribution < -0.4 is 10.1 Å². The van der Waals surface area contributed by atoms with Gasteiger partial charge in [-0.05, 0) is 68.1 Å². The topological polar surface area (TPSA) is 69.0 Å². The first kappa shape index (κ1) is 23.2. The molecule has 0 radical (unpaired) electrons. The van der Waals surface area contributed by atoms with Gasteiger partial charge in [-0.2, -0.15) is 0 Å². The molecule has 0 bridgehead atoms. The lowest BCUT2D eigenvalue weighted by molar-refractivity contribution is -0.113. The minimum absolute atomic E-state index is 0.0602. The summed E-state index contributed by atoms with van der Waals surface area (Å²) >= 11 is 7.35. The van der Waals surface area contributed by atoms with Crippen molar-refractivity contribution < 1.29 is 9.53 Å². The van der Waals surface area contributed by atoms with Gasteiger partial charge >= 0.3 is 0 Å². The van der Waals surface area contributed by atoms with Gasteiger partial charge in [-0.25, -0.2) is 0 Å². The summed E-state index contributed by atoms with van der Waals surface area (Å²) in [6.07, 6.45) is 1.55.